The Balaban J connectivity index is 2.62. The number of hydrogen-bond acceptors (Lipinski definition) is 4. The Bertz CT molecular complexity index is 418. The Morgan fingerprint density at radius 1 is 1.30 bits per heavy atom. The molecule has 0 aliphatic heterocycles. The largest absolute Gasteiger partial charge is 0.494 e. The van der Waals surface area contributed by atoms with Gasteiger partial charge in [0.05, 0.1) is 12.7 Å². The zero-order valence-electron chi connectivity index (χ0n) is 12.2. The van der Waals surface area contributed by atoms with Crippen molar-refractivity contribution >= 4 is 5.97 Å². The smallest absolute Gasteiger partial charge is 0.320 e. The van der Waals surface area contributed by atoms with E-state index >= 15 is 0 Å². The van der Waals surface area contributed by atoms with Gasteiger partial charge in [-0.15, -0.1) is 0 Å². The first-order chi connectivity index (χ1) is 9.45. The van der Waals surface area contributed by atoms with E-state index in [4.69, 9.17) is 9.84 Å². The lowest BCUT2D eigenvalue weighted by Crippen LogP contribution is -2.42. The molecule has 3 atom stereocenters. The van der Waals surface area contributed by atoms with Crippen LogP contribution in [0.4, 0.5) is 0 Å². The van der Waals surface area contributed by atoms with E-state index in [1.807, 2.05) is 19.1 Å². The quantitative estimate of drug-likeness (QED) is 0.679. The molecule has 5 nitrogen and oxygen atoms in total. The lowest BCUT2D eigenvalue weighted by atomic mass is 10.0. The number of aliphatic carboxylic acids is 1. The minimum absolute atomic E-state index is 0.358. The van der Waals surface area contributed by atoms with E-state index in [1.165, 1.54) is 0 Å². The van der Waals surface area contributed by atoms with Gasteiger partial charge in [-0.05, 0) is 38.0 Å². The van der Waals surface area contributed by atoms with Crippen molar-refractivity contribution in [1.82, 2.24) is 5.32 Å². The van der Waals surface area contributed by atoms with Crippen molar-refractivity contribution in [3.8, 4) is 5.75 Å². The van der Waals surface area contributed by atoms with Gasteiger partial charge >= 0.3 is 5.97 Å². The predicted octanol–water partition coefficient (Wildman–Crippen LogP) is 1.96. The number of carboxylic acid groups (broad SMARTS) is 1. The number of aliphatic hydroxyl groups excluding tert-OH is 1. The van der Waals surface area contributed by atoms with Crippen LogP contribution in [-0.2, 0) is 4.79 Å². The molecule has 0 aliphatic carbocycles. The predicted molar refractivity (Wildman–Crippen MR) is 76.9 cm³/mol. The standard InChI is InChI=1S/C15H23NO4/c1-4-9-20-13-7-5-12(6-8-13)14(17)10(2)16-11(3)15(18)19/h5-8,10-11,14,16-17H,4,9H2,1-3H3,(H,18,19). The van der Waals surface area contributed by atoms with Crippen LogP contribution in [0, 0.1) is 0 Å². The molecule has 3 unspecified atom stereocenters. The summed E-state index contributed by atoms with van der Waals surface area (Å²) in [6.07, 6.45) is 0.176. The van der Waals surface area contributed by atoms with Crippen LogP contribution in [0.25, 0.3) is 0 Å². The number of ether oxygens (including phenoxy) is 1. The third-order valence-electron chi connectivity index (χ3n) is 3.05. The number of rotatable bonds is 8. The molecule has 0 heterocycles. The number of aliphatic hydroxyl groups is 1. The Morgan fingerprint density at radius 2 is 1.90 bits per heavy atom. The van der Waals surface area contributed by atoms with Crippen molar-refractivity contribution < 1.29 is 19.7 Å². The van der Waals surface area contributed by atoms with Crippen molar-refractivity contribution in [3.63, 3.8) is 0 Å². The Hall–Kier alpha value is -1.59. The van der Waals surface area contributed by atoms with Gasteiger partial charge in [-0.2, -0.15) is 0 Å². The van der Waals surface area contributed by atoms with E-state index in [9.17, 15) is 9.90 Å². The fraction of sp³-hybridized carbons (Fsp3) is 0.533. The summed E-state index contributed by atoms with van der Waals surface area (Å²) in [6, 6.07) is 6.14. The zero-order chi connectivity index (χ0) is 15.1. The van der Waals surface area contributed by atoms with Gasteiger partial charge in [-0.25, -0.2) is 0 Å². The topological polar surface area (TPSA) is 78.8 Å². The molecule has 3 N–H and O–H groups in total. The number of hydrogen-bond donors (Lipinski definition) is 3. The number of nitrogens with one attached hydrogen (secondary N) is 1. The second-order valence-corrected chi connectivity index (χ2v) is 4.88. The fourth-order valence-electron chi connectivity index (χ4n) is 1.83. The maximum absolute atomic E-state index is 10.8. The SMILES string of the molecule is CCCOc1ccc(C(O)C(C)NC(C)C(=O)O)cc1. The molecule has 1 aromatic carbocycles. The number of carbonyl (C=O) groups is 1. The molecule has 0 saturated carbocycles. The number of benzene rings is 1. The highest BCUT2D eigenvalue weighted by atomic mass is 16.5. The average molecular weight is 281 g/mol. The molecular weight excluding hydrogens is 258 g/mol. The van der Waals surface area contributed by atoms with E-state index in [0.717, 1.165) is 17.7 Å². The van der Waals surface area contributed by atoms with Crippen LogP contribution in [0.5, 0.6) is 5.75 Å². The van der Waals surface area contributed by atoms with Gasteiger partial charge in [-0.3, -0.25) is 10.1 Å². The van der Waals surface area contributed by atoms with Gasteiger partial charge in [0.1, 0.15) is 11.8 Å². The highest BCUT2D eigenvalue weighted by molar-refractivity contribution is 5.72. The van der Waals surface area contributed by atoms with Gasteiger partial charge in [0.2, 0.25) is 0 Å². The van der Waals surface area contributed by atoms with Gasteiger partial charge in [0.25, 0.3) is 0 Å². The lowest BCUT2D eigenvalue weighted by Gasteiger charge is -2.23. The monoisotopic (exact) mass is 281 g/mol. The first-order valence-corrected chi connectivity index (χ1v) is 6.85. The molecule has 0 saturated heterocycles. The van der Waals surface area contributed by atoms with Crippen LogP contribution in [0.3, 0.4) is 0 Å². The van der Waals surface area contributed by atoms with Gasteiger partial charge in [-0.1, -0.05) is 19.1 Å². The van der Waals surface area contributed by atoms with Crippen LogP contribution < -0.4 is 10.1 Å². The lowest BCUT2D eigenvalue weighted by molar-refractivity contribution is -0.139. The van der Waals surface area contributed by atoms with Crippen molar-refractivity contribution in [3.05, 3.63) is 29.8 Å². The molecule has 1 rings (SSSR count). The molecule has 20 heavy (non-hydrogen) atoms. The normalized spacial score (nSPS) is 15.4. The Labute approximate surface area is 119 Å². The zero-order valence-corrected chi connectivity index (χ0v) is 12.2. The molecule has 0 fully saturated rings. The molecule has 0 spiro atoms. The highest BCUT2D eigenvalue weighted by Crippen LogP contribution is 2.20. The molecule has 0 bridgehead atoms. The summed E-state index contributed by atoms with van der Waals surface area (Å²) in [4.78, 5) is 10.8. The molecule has 112 valence electrons. The minimum Gasteiger partial charge on any atom is -0.494 e. The highest BCUT2D eigenvalue weighted by Gasteiger charge is 2.20. The maximum atomic E-state index is 10.8. The molecule has 0 aliphatic rings. The summed E-state index contributed by atoms with van der Waals surface area (Å²) in [5.41, 5.74) is 0.728. The van der Waals surface area contributed by atoms with Crippen LogP contribution in [0.1, 0.15) is 38.9 Å². The molecule has 1 aromatic rings. The fourth-order valence-corrected chi connectivity index (χ4v) is 1.83. The van der Waals surface area contributed by atoms with Crippen molar-refractivity contribution in [1.29, 1.82) is 0 Å². The summed E-state index contributed by atoms with van der Waals surface area (Å²) in [5.74, 6) is -0.172. The third-order valence-corrected chi connectivity index (χ3v) is 3.05. The van der Waals surface area contributed by atoms with E-state index in [2.05, 4.69) is 5.32 Å². The molecule has 0 amide bonds. The van der Waals surface area contributed by atoms with Gasteiger partial charge < -0.3 is 14.9 Å². The van der Waals surface area contributed by atoms with Gasteiger partial charge in [0, 0.05) is 6.04 Å². The number of carboxylic acids is 1. The van der Waals surface area contributed by atoms with E-state index in [1.54, 1.807) is 26.0 Å². The second kappa shape index (κ2) is 7.87. The van der Waals surface area contributed by atoms with Crippen molar-refractivity contribution in [2.75, 3.05) is 6.61 Å². The molecule has 0 aromatic heterocycles. The summed E-state index contributed by atoms with van der Waals surface area (Å²) < 4.78 is 5.47. The summed E-state index contributed by atoms with van der Waals surface area (Å²) in [7, 11) is 0. The van der Waals surface area contributed by atoms with Crippen LogP contribution in [0.15, 0.2) is 24.3 Å². The first kappa shape index (κ1) is 16.5. The molecule has 5 heteroatoms. The van der Waals surface area contributed by atoms with Crippen LogP contribution in [-0.4, -0.2) is 34.9 Å². The summed E-state index contributed by atoms with van der Waals surface area (Å²) in [6.45, 7) is 6.00. The van der Waals surface area contributed by atoms with Crippen molar-refractivity contribution in [2.24, 2.45) is 0 Å². The molecular formula is C15H23NO4. The average Bonchev–Trinajstić information content (AvgIpc) is 2.44. The van der Waals surface area contributed by atoms with E-state index < -0.39 is 18.1 Å². The second-order valence-electron chi connectivity index (χ2n) is 4.88. The summed E-state index contributed by atoms with van der Waals surface area (Å²) in [5, 5.41) is 21.9. The van der Waals surface area contributed by atoms with Crippen LogP contribution in [0.2, 0.25) is 0 Å². The Kier molecular flexibility index (Phi) is 6.48. The first-order valence-electron chi connectivity index (χ1n) is 6.85. The third kappa shape index (κ3) is 4.83. The maximum Gasteiger partial charge on any atom is 0.320 e. The minimum atomic E-state index is -0.938. The molecule has 0 radical (unpaired) electrons. The summed E-state index contributed by atoms with van der Waals surface area (Å²) >= 11 is 0. The van der Waals surface area contributed by atoms with Gasteiger partial charge in [0.15, 0.2) is 0 Å². The van der Waals surface area contributed by atoms with E-state index in [0.29, 0.717) is 6.61 Å². The van der Waals surface area contributed by atoms with Crippen molar-refractivity contribution in [2.45, 2.75) is 45.4 Å². The Morgan fingerprint density at radius 3 is 2.40 bits per heavy atom. The van der Waals surface area contributed by atoms with E-state index in [-0.39, 0.29) is 6.04 Å². The van der Waals surface area contributed by atoms with Crippen LogP contribution >= 0.6 is 0 Å².